The Morgan fingerprint density at radius 2 is 0.552 bits per heavy atom. The van der Waals surface area contributed by atoms with Crippen LogP contribution in [0.3, 0.4) is 0 Å². The average Bonchev–Trinajstić information content (AvgIpc) is 0.653. The van der Waals surface area contributed by atoms with E-state index in [1.54, 1.807) is 182 Å². The van der Waals surface area contributed by atoms with Crippen molar-refractivity contribution in [3.63, 3.8) is 0 Å². The predicted octanol–water partition coefficient (Wildman–Crippen LogP) is 21.2. The van der Waals surface area contributed by atoms with E-state index in [-0.39, 0.29) is 63.2 Å². The molecule has 13 rings (SSSR count). The molecule has 0 spiro atoms. The van der Waals surface area contributed by atoms with E-state index in [9.17, 15) is 0 Å². The topological polar surface area (TPSA) is 157 Å². The molecule has 0 aromatic heterocycles. The summed E-state index contributed by atoms with van der Waals surface area (Å²) < 4.78 is 83.8. The molecule has 3 unspecified atom stereocenters. The second-order valence-corrected chi connectivity index (χ2v) is 33.2. The van der Waals surface area contributed by atoms with Crippen molar-refractivity contribution in [1.29, 1.82) is 0 Å². The normalized spacial score (nSPS) is 17.9. The minimum atomic E-state index is -7.37. The molecule has 3 atom stereocenters. The van der Waals surface area contributed by atoms with Crippen LogP contribution >= 0.6 is 49.0 Å². The summed E-state index contributed by atoms with van der Waals surface area (Å²) in [5.41, 5.74) is 0. The van der Waals surface area contributed by atoms with Gasteiger partial charge >= 0.3 is 565 Å². The van der Waals surface area contributed by atoms with Crippen molar-refractivity contribution in [2.24, 2.45) is 4.52 Å². The van der Waals surface area contributed by atoms with Crippen molar-refractivity contribution < 1.29 is 55.2 Å². The Kier molecular flexibility index (Phi) is 20.6. The molecule has 0 saturated carbocycles. The Balaban J connectivity index is 1.36. The molecule has 0 aliphatic carbocycles. The number of rotatable bonds is 24. The monoisotopic (exact) mass is 1390 g/mol. The number of nitrogens with one attached hydrogen (secondary N) is 2. The van der Waals surface area contributed by atoms with Gasteiger partial charge in [0.1, 0.15) is 0 Å². The fourth-order valence-corrected chi connectivity index (χ4v) is 28.3. The van der Waals surface area contributed by atoms with Crippen molar-refractivity contribution in [1.82, 2.24) is 23.5 Å². The molecule has 0 amide bonds. The Labute approximate surface area is 562 Å². The van der Waals surface area contributed by atoms with E-state index in [1.165, 1.54) is 13.8 Å². The zero-order chi connectivity index (χ0) is 65.1. The maximum absolute atomic E-state index is 8.52. The third-order valence-corrected chi connectivity index (χ3v) is 29.9. The molecule has 12 aromatic rings. The summed E-state index contributed by atoms with van der Waals surface area (Å²) in [6, 6.07) is 108. The first-order valence-corrected chi connectivity index (χ1v) is 38.6. The van der Waals surface area contributed by atoms with Gasteiger partial charge < -0.3 is 0 Å². The molecule has 1 aliphatic heterocycles. The number of benzene rings is 12. The second kappa shape index (κ2) is 30.4. The molecule has 484 valence electrons. The molecule has 1 heterocycles. The summed E-state index contributed by atoms with van der Waals surface area (Å²) in [6.45, 7) is 0. The number of hydrogen-bond donors (Lipinski definition) is 2. The van der Waals surface area contributed by atoms with Crippen molar-refractivity contribution in [3.05, 3.63) is 364 Å². The summed E-state index contributed by atoms with van der Waals surface area (Å²) in [6.07, 6.45) is 0. The summed E-state index contributed by atoms with van der Waals surface area (Å²) in [7, 11) is -23.4. The standard InChI is InChI=1S/C72H64N6O12P6/c1-13-37-61(38-14-1)79-76-93(82-64-43-19-4-20-44-64)74-91-73-92-75-94(83-65-45-21-5-22-46-65,84-66-47-23-6-24-48-66)77(80-62-39-15-2-16-40-62)96(88-70-55-31-10-32-56-70,89-71-57-33-11-34-58-71,90-72-59-35-12-36-60-72)78(81-63-41-17-3-18-42-63)95(76,85-67-49-25-7-26-50-67,86-68-51-27-8-28-52-68)87-69-53-29-9-30-54-69/h1-60,73-74,91-92H. The van der Waals surface area contributed by atoms with Crippen LogP contribution in [0.1, 0.15) is 0 Å². The van der Waals surface area contributed by atoms with Crippen LogP contribution in [-0.2, 0) is 0 Å². The van der Waals surface area contributed by atoms with Crippen LogP contribution in [-0.4, -0.2) is 13.8 Å². The zero-order valence-corrected chi connectivity index (χ0v) is 56.7. The molecule has 96 heavy (non-hydrogen) atoms. The third kappa shape index (κ3) is 14.8. The Morgan fingerprint density at radius 3 is 0.875 bits per heavy atom. The van der Waals surface area contributed by atoms with Crippen molar-refractivity contribution in [3.8, 4) is 69.0 Å². The van der Waals surface area contributed by atoms with Crippen molar-refractivity contribution >= 4 is 49.0 Å². The molecule has 0 saturated heterocycles. The van der Waals surface area contributed by atoms with Gasteiger partial charge in [-0.25, -0.2) is 0 Å². The van der Waals surface area contributed by atoms with Crippen molar-refractivity contribution in [2.45, 2.75) is 0 Å². The fraction of sp³-hybridized carbons (Fsp3) is 0. The van der Waals surface area contributed by atoms with Gasteiger partial charge in [0.25, 0.3) is 0 Å². The number of para-hydroxylation sites is 12. The van der Waals surface area contributed by atoms with E-state index in [0.29, 0.717) is 5.75 Å². The summed E-state index contributed by atoms with van der Waals surface area (Å²) in [5.74, 6) is 1.87. The molecule has 18 nitrogen and oxygen atoms in total. The van der Waals surface area contributed by atoms with Gasteiger partial charge in [0.05, 0.1) is 0 Å². The van der Waals surface area contributed by atoms with Gasteiger partial charge in [0, 0.05) is 0 Å². The number of hydrogen-bond acceptors (Lipinski definition) is 18. The fourth-order valence-electron chi connectivity index (χ4n) is 9.57. The van der Waals surface area contributed by atoms with E-state index >= 15 is 0 Å². The molecule has 2 N–H and O–H groups in total. The molecular weight excluding hydrogens is 1330 g/mol. The summed E-state index contributed by atoms with van der Waals surface area (Å²) >= 11 is 0. The molecule has 24 heteroatoms. The SMILES string of the molecule is c1ccc(ON2P(Oc3ccccc3)NPNPN=P(Oc3ccccc3)(Oc3ccccc3)N(Oc3ccccc3)P(Oc3ccccc3)(Oc3ccccc3)(Oc3ccccc3)N(Oc3ccccc3)P2(Oc2ccccc2)(Oc2ccccc2)Oc2ccccc2)cc1. The van der Waals surface area contributed by atoms with Gasteiger partial charge in [-0.2, -0.15) is 0 Å². The third-order valence-electron chi connectivity index (χ3n) is 13.7. The van der Waals surface area contributed by atoms with Gasteiger partial charge in [-0.05, 0) is 0 Å². The Bertz CT molecular complexity index is 4150. The molecular formula is C72H64N6O12P6. The first-order chi connectivity index (χ1) is 47.4. The minimum absolute atomic E-state index is 0.0734. The summed E-state index contributed by atoms with van der Waals surface area (Å²) in [4.78, 5) is 31.5. The maximum atomic E-state index is 8.52. The van der Waals surface area contributed by atoms with Gasteiger partial charge in [0.15, 0.2) is 0 Å². The molecule has 0 fully saturated rings. The van der Waals surface area contributed by atoms with E-state index in [4.69, 9.17) is 59.7 Å². The average molecular weight is 1390 g/mol. The van der Waals surface area contributed by atoms with Gasteiger partial charge in [0.2, 0.25) is 0 Å². The van der Waals surface area contributed by atoms with Crippen molar-refractivity contribution in [2.75, 3.05) is 0 Å². The summed E-state index contributed by atoms with van der Waals surface area (Å²) in [5, 5.41) is 0. The first kappa shape index (κ1) is 65.1. The molecule has 0 bridgehead atoms. The van der Waals surface area contributed by atoms with Crippen LogP contribution in [0, 0.1) is 0 Å². The van der Waals surface area contributed by atoms with E-state index in [2.05, 4.69) is 9.72 Å². The second-order valence-electron chi connectivity index (χ2n) is 20.6. The van der Waals surface area contributed by atoms with E-state index in [1.807, 2.05) is 182 Å². The van der Waals surface area contributed by atoms with E-state index in [0.717, 1.165) is 0 Å². The van der Waals surface area contributed by atoms with Crippen LogP contribution in [0.25, 0.3) is 0 Å². The van der Waals surface area contributed by atoms with Gasteiger partial charge in [-0.1, -0.05) is 0 Å². The predicted molar refractivity (Wildman–Crippen MR) is 383 cm³/mol. The van der Waals surface area contributed by atoms with Crippen LogP contribution in [0.5, 0.6) is 69.0 Å². The quantitative estimate of drug-likeness (QED) is 0.0550. The molecule has 1 aliphatic rings. The first-order valence-electron chi connectivity index (χ1n) is 30.2. The van der Waals surface area contributed by atoms with Gasteiger partial charge in [-0.15, -0.1) is 0 Å². The number of nitrogens with zero attached hydrogens (tertiary/aromatic N) is 4. The molecule has 0 radical (unpaired) electrons. The zero-order valence-electron chi connectivity index (χ0n) is 51.1. The van der Waals surface area contributed by atoms with Crippen LogP contribution in [0.4, 0.5) is 0 Å². The molecule has 12 aromatic carbocycles. The van der Waals surface area contributed by atoms with Crippen LogP contribution < -0.4 is 64.9 Å². The Hall–Kier alpha value is -9.58. The van der Waals surface area contributed by atoms with Gasteiger partial charge in [-0.3, -0.25) is 0 Å². The Morgan fingerprint density at radius 1 is 0.292 bits per heavy atom. The van der Waals surface area contributed by atoms with Crippen LogP contribution in [0.15, 0.2) is 368 Å². The van der Waals surface area contributed by atoms with E-state index < -0.39 is 49.0 Å². The van der Waals surface area contributed by atoms with Crippen LogP contribution in [0.2, 0.25) is 0 Å².